The smallest absolute Gasteiger partial charge is 0.318 e. The minimum absolute atomic E-state index is 0.210. The molecule has 4 aromatic rings. The third kappa shape index (κ3) is 4.79. The zero-order valence-corrected chi connectivity index (χ0v) is 21.1. The Morgan fingerprint density at radius 2 is 1.86 bits per heavy atom. The van der Waals surface area contributed by atoms with Crippen molar-refractivity contribution < 1.29 is 19.1 Å². The molecule has 0 spiro atoms. The van der Waals surface area contributed by atoms with Crippen molar-refractivity contribution in [1.29, 1.82) is 0 Å². The molecule has 3 N–H and O–H groups in total. The summed E-state index contributed by atoms with van der Waals surface area (Å²) in [6, 6.07) is 18.8. The Kier molecular flexibility index (Phi) is 6.42. The molecule has 0 unspecified atom stereocenters. The Labute approximate surface area is 214 Å². The van der Waals surface area contributed by atoms with Crippen molar-refractivity contribution in [3.63, 3.8) is 0 Å². The molecule has 37 heavy (non-hydrogen) atoms. The van der Waals surface area contributed by atoms with Crippen LogP contribution in [0.25, 0.3) is 28.2 Å². The van der Waals surface area contributed by atoms with Gasteiger partial charge in [-0.15, -0.1) is 0 Å². The largest absolute Gasteiger partial charge is 0.497 e. The van der Waals surface area contributed by atoms with Crippen molar-refractivity contribution in [3.05, 3.63) is 83.1 Å². The number of fused-ring (bicyclic) bond motifs is 2. The van der Waals surface area contributed by atoms with Gasteiger partial charge in [0, 0.05) is 35.7 Å². The van der Waals surface area contributed by atoms with Crippen LogP contribution in [-0.4, -0.2) is 50.0 Å². The zero-order valence-electron chi connectivity index (χ0n) is 21.1. The van der Waals surface area contributed by atoms with Gasteiger partial charge >= 0.3 is 6.03 Å². The normalized spacial score (nSPS) is 13.6. The molecular weight excluding hydrogens is 468 g/mol. The first kappa shape index (κ1) is 24.1. The van der Waals surface area contributed by atoms with Crippen LogP contribution in [0.1, 0.15) is 21.5 Å². The Bertz CT molecular complexity index is 1530. The maximum Gasteiger partial charge on any atom is 0.318 e. The van der Waals surface area contributed by atoms with Gasteiger partial charge in [-0.3, -0.25) is 4.79 Å². The van der Waals surface area contributed by atoms with Crippen LogP contribution in [0.4, 0.5) is 10.5 Å². The number of nitrogens with zero attached hydrogens (tertiary/aromatic N) is 1. The molecule has 0 bridgehead atoms. The maximum atomic E-state index is 13.3. The second-order valence-corrected chi connectivity index (χ2v) is 9.11. The number of carbonyl (C=O) groups excluding carboxylic acids is 2. The fourth-order valence-corrected chi connectivity index (χ4v) is 4.43. The molecule has 5 rings (SSSR count). The van der Waals surface area contributed by atoms with Gasteiger partial charge in [0.25, 0.3) is 0 Å². The standard InChI is InChI=1S/C29H28N4O4/c1-30-29(35)31-19-9-12-25-23(13-19)28(34)26(37-25)15-22-21-14-20(36-4)10-11-24(21)32-27(22)18-7-5-17(6-8-18)16-33(2)3/h5-15,32H,16H2,1-4H3,(H2,30,31,35). The Balaban J connectivity index is 1.57. The molecule has 2 heterocycles. The molecule has 1 aromatic heterocycles. The minimum atomic E-state index is -0.365. The first-order chi connectivity index (χ1) is 17.9. The van der Waals surface area contributed by atoms with Crippen molar-refractivity contribution in [3.8, 4) is 22.8 Å². The third-order valence-electron chi connectivity index (χ3n) is 6.22. The second-order valence-electron chi connectivity index (χ2n) is 9.11. The van der Waals surface area contributed by atoms with Gasteiger partial charge in [-0.1, -0.05) is 24.3 Å². The number of H-pyrrole nitrogens is 1. The van der Waals surface area contributed by atoms with Crippen LogP contribution >= 0.6 is 0 Å². The summed E-state index contributed by atoms with van der Waals surface area (Å²) in [6.07, 6.45) is 1.77. The SMILES string of the molecule is CNC(=O)Nc1ccc2c(c1)C(=O)C(=Cc1c(-c3ccc(CN(C)C)cc3)[nH]c3ccc(OC)cc13)O2. The molecule has 8 nitrogen and oxygen atoms in total. The molecule has 0 atom stereocenters. The van der Waals surface area contributed by atoms with E-state index >= 15 is 0 Å². The van der Waals surface area contributed by atoms with Crippen molar-refractivity contribution in [2.45, 2.75) is 6.54 Å². The molecule has 3 aromatic carbocycles. The van der Waals surface area contributed by atoms with Gasteiger partial charge < -0.3 is 30.0 Å². The van der Waals surface area contributed by atoms with Gasteiger partial charge in [-0.2, -0.15) is 0 Å². The lowest BCUT2D eigenvalue weighted by atomic mass is 10.0. The van der Waals surface area contributed by atoms with E-state index in [4.69, 9.17) is 9.47 Å². The average molecular weight is 497 g/mol. The summed E-state index contributed by atoms with van der Waals surface area (Å²) in [7, 11) is 7.23. The van der Waals surface area contributed by atoms with Crippen molar-refractivity contribution in [2.75, 3.05) is 33.6 Å². The summed E-state index contributed by atoms with van der Waals surface area (Å²) in [4.78, 5) is 30.6. The number of Topliss-reactive ketones (excluding diaryl/α,β-unsaturated/α-hetero) is 1. The lowest BCUT2D eigenvalue weighted by Gasteiger charge is -2.10. The number of aromatic nitrogens is 1. The van der Waals surface area contributed by atoms with E-state index in [1.807, 2.05) is 32.3 Å². The fraction of sp³-hybridized carbons (Fsp3) is 0.172. The summed E-state index contributed by atoms with van der Waals surface area (Å²) in [6.45, 7) is 0.846. The van der Waals surface area contributed by atoms with Gasteiger partial charge in [0.05, 0.1) is 18.4 Å². The van der Waals surface area contributed by atoms with Crippen molar-refractivity contribution >= 4 is 34.5 Å². The first-order valence-electron chi connectivity index (χ1n) is 11.9. The highest BCUT2D eigenvalue weighted by Crippen LogP contribution is 2.38. The van der Waals surface area contributed by atoms with Crippen LogP contribution in [0.15, 0.2) is 66.4 Å². The monoisotopic (exact) mass is 496 g/mol. The first-order valence-corrected chi connectivity index (χ1v) is 11.9. The van der Waals surface area contributed by atoms with E-state index in [1.54, 1.807) is 31.4 Å². The summed E-state index contributed by atoms with van der Waals surface area (Å²) in [5.74, 6) is 1.12. The number of urea groups is 1. The number of hydrogen-bond acceptors (Lipinski definition) is 5. The molecule has 0 saturated carbocycles. The summed E-state index contributed by atoms with van der Waals surface area (Å²) < 4.78 is 11.4. The lowest BCUT2D eigenvalue weighted by molar-refractivity contribution is 0.101. The number of aromatic amines is 1. The average Bonchev–Trinajstić information content (AvgIpc) is 3.41. The van der Waals surface area contributed by atoms with Crippen LogP contribution in [0.3, 0.4) is 0 Å². The molecule has 0 fully saturated rings. The van der Waals surface area contributed by atoms with Crippen LogP contribution in [0.5, 0.6) is 11.5 Å². The highest BCUT2D eigenvalue weighted by atomic mass is 16.5. The number of ketones is 1. The zero-order chi connectivity index (χ0) is 26.1. The fourth-order valence-electron chi connectivity index (χ4n) is 4.43. The molecular formula is C29H28N4O4. The molecule has 1 aliphatic rings. The van der Waals surface area contributed by atoms with Gasteiger partial charge in [-0.05, 0) is 67.7 Å². The van der Waals surface area contributed by atoms with E-state index in [0.29, 0.717) is 22.7 Å². The number of benzene rings is 3. The van der Waals surface area contributed by atoms with E-state index in [0.717, 1.165) is 34.3 Å². The highest BCUT2D eigenvalue weighted by Gasteiger charge is 2.29. The number of rotatable bonds is 6. The number of anilines is 1. The van der Waals surface area contributed by atoms with E-state index in [-0.39, 0.29) is 17.6 Å². The maximum absolute atomic E-state index is 13.3. The Morgan fingerprint density at radius 1 is 1.08 bits per heavy atom. The predicted octanol–water partition coefficient (Wildman–Crippen LogP) is 5.27. The third-order valence-corrected chi connectivity index (χ3v) is 6.22. The van der Waals surface area contributed by atoms with Gasteiger partial charge in [-0.25, -0.2) is 4.79 Å². The Morgan fingerprint density at radius 3 is 2.57 bits per heavy atom. The second kappa shape index (κ2) is 9.83. The van der Waals surface area contributed by atoms with Crippen LogP contribution in [0, 0.1) is 0 Å². The number of ether oxygens (including phenoxy) is 2. The van der Waals surface area contributed by atoms with Crippen LogP contribution in [0.2, 0.25) is 0 Å². The lowest BCUT2D eigenvalue weighted by Crippen LogP contribution is -2.24. The molecule has 1 aliphatic heterocycles. The number of nitrogens with one attached hydrogen (secondary N) is 3. The number of amides is 2. The number of carbonyl (C=O) groups is 2. The minimum Gasteiger partial charge on any atom is -0.497 e. The van der Waals surface area contributed by atoms with Crippen LogP contribution < -0.4 is 20.1 Å². The molecule has 8 heteroatoms. The molecule has 0 saturated heterocycles. The van der Waals surface area contributed by atoms with Gasteiger partial charge in [0.1, 0.15) is 11.5 Å². The molecule has 0 radical (unpaired) electrons. The highest BCUT2D eigenvalue weighted by molar-refractivity contribution is 6.16. The summed E-state index contributed by atoms with van der Waals surface area (Å²) in [5, 5.41) is 6.10. The Hall–Kier alpha value is -4.56. The predicted molar refractivity (Wildman–Crippen MR) is 145 cm³/mol. The van der Waals surface area contributed by atoms with E-state index in [9.17, 15) is 9.59 Å². The quantitative estimate of drug-likeness (QED) is 0.316. The topological polar surface area (TPSA) is 95.7 Å². The van der Waals surface area contributed by atoms with E-state index in [1.165, 1.54) is 12.6 Å². The number of allylic oxidation sites excluding steroid dienone is 1. The summed E-state index contributed by atoms with van der Waals surface area (Å²) >= 11 is 0. The van der Waals surface area contributed by atoms with Crippen molar-refractivity contribution in [2.24, 2.45) is 0 Å². The van der Waals surface area contributed by atoms with E-state index < -0.39 is 0 Å². The number of methoxy groups -OCH3 is 1. The number of hydrogen-bond donors (Lipinski definition) is 3. The van der Waals surface area contributed by atoms with E-state index in [2.05, 4.69) is 44.8 Å². The van der Waals surface area contributed by atoms with Gasteiger partial charge in [0.2, 0.25) is 5.78 Å². The van der Waals surface area contributed by atoms with Crippen molar-refractivity contribution in [1.82, 2.24) is 15.2 Å². The summed E-state index contributed by atoms with van der Waals surface area (Å²) in [5.41, 5.74) is 5.72. The van der Waals surface area contributed by atoms with Gasteiger partial charge in [0.15, 0.2) is 5.76 Å². The molecule has 0 aliphatic carbocycles. The molecule has 188 valence electrons. The van der Waals surface area contributed by atoms with Crippen LogP contribution in [-0.2, 0) is 6.54 Å². The molecule has 2 amide bonds.